The van der Waals surface area contributed by atoms with Crippen molar-refractivity contribution in [2.24, 2.45) is 23.2 Å². The summed E-state index contributed by atoms with van der Waals surface area (Å²) in [6, 6.07) is 0. The SMILES string of the molecule is C[C@@H](CO[C@@H]1C=C[C@@](C)(O)C1)[C@H]1CCC2/C(=C/Br)CCC[C@@]21C. The molecule has 0 radical (unpaired) electrons. The van der Waals surface area contributed by atoms with Crippen LogP contribution in [0.25, 0.3) is 0 Å². The molecule has 3 rings (SSSR count). The third-order valence-electron chi connectivity index (χ3n) is 6.72. The summed E-state index contributed by atoms with van der Waals surface area (Å²) in [5.74, 6) is 2.09. The summed E-state index contributed by atoms with van der Waals surface area (Å²) >= 11 is 3.60. The molecule has 0 bridgehead atoms. The zero-order valence-corrected chi connectivity index (χ0v) is 16.3. The Hall–Kier alpha value is -0.120. The minimum atomic E-state index is -0.683. The molecule has 2 fully saturated rings. The molecule has 0 aromatic carbocycles. The van der Waals surface area contributed by atoms with Crippen LogP contribution in [0.15, 0.2) is 22.7 Å². The molecule has 0 heterocycles. The van der Waals surface area contributed by atoms with Crippen LogP contribution in [0.5, 0.6) is 0 Å². The van der Waals surface area contributed by atoms with Crippen LogP contribution in [0.4, 0.5) is 0 Å². The van der Waals surface area contributed by atoms with Gasteiger partial charge in [-0.15, -0.1) is 0 Å². The standard InChI is InChI=1S/C20H31BrO2/c1-14(13-23-16-8-10-19(2,22)11-16)17-6-7-18-15(12-21)5-4-9-20(17,18)3/h8,10,12,14,16-18,22H,4-7,9,11,13H2,1-3H3/b15-12+/t14-,16+,17+,18?,19+,20+/m0/s1. The van der Waals surface area contributed by atoms with Crippen LogP contribution in [0.2, 0.25) is 0 Å². The normalized spacial score (nSPS) is 46.3. The van der Waals surface area contributed by atoms with Gasteiger partial charge in [0.2, 0.25) is 0 Å². The second-order valence-electron chi connectivity index (χ2n) is 8.55. The number of hydrogen-bond acceptors (Lipinski definition) is 2. The van der Waals surface area contributed by atoms with E-state index in [2.05, 4.69) is 34.8 Å². The van der Waals surface area contributed by atoms with Gasteiger partial charge in [0.25, 0.3) is 0 Å². The third-order valence-corrected chi connectivity index (χ3v) is 7.31. The van der Waals surface area contributed by atoms with Gasteiger partial charge in [0.15, 0.2) is 0 Å². The first-order chi connectivity index (χ1) is 10.9. The van der Waals surface area contributed by atoms with Crippen molar-refractivity contribution in [2.75, 3.05) is 6.61 Å². The zero-order valence-electron chi connectivity index (χ0n) is 14.7. The number of fused-ring (bicyclic) bond motifs is 1. The maximum absolute atomic E-state index is 10.0. The number of halogens is 1. The van der Waals surface area contributed by atoms with E-state index in [4.69, 9.17) is 4.74 Å². The molecular formula is C20H31BrO2. The molecule has 2 nitrogen and oxygen atoms in total. The van der Waals surface area contributed by atoms with Crippen molar-refractivity contribution in [3.63, 3.8) is 0 Å². The first kappa shape index (κ1) is 17.7. The van der Waals surface area contributed by atoms with Gasteiger partial charge in [-0.05, 0) is 67.2 Å². The van der Waals surface area contributed by atoms with E-state index in [9.17, 15) is 5.11 Å². The fourth-order valence-electron chi connectivity index (χ4n) is 5.51. The van der Waals surface area contributed by atoms with Crippen LogP contribution in [-0.4, -0.2) is 23.4 Å². The summed E-state index contributed by atoms with van der Waals surface area (Å²) in [6.07, 6.45) is 11.3. The highest BCUT2D eigenvalue weighted by Crippen LogP contribution is 2.59. The third kappa shape index (κ3) is 3.48. The average molecular weight is 383 g/mol. The lowest BCUT2D eigenvalue weighted by Crippen LogP contribution is -2.37. The predicted octanol–water partition coefficient (Wildman–Crippen LogP) is 5.21. The molecule has 1 N–H and O–H groups in total. The van der Waals surface area contributed by atoms with Gasteiger partial charge in [-0.1, -0.05) is 47.5 Å². The fraction of sp³-hybridized carbons (Fsp3) is 0.800. The van der Waals surface area contributed by atoms with Gasteiger partial charge < -0.3 is 9.84 Å². The van der Waals surface area contributed by atoms with Gasteiger partial charge in [0.1, 0.15) is 0 Å². The summed E-state index contributed by atoms with van der Waals surface area (Å²) in [5.41, 5.74) is 1.39. The van der Waals surface area contributed by atoms with Crippen molar-refractivity contribution in [2.45, 2.75) is 71.0 Å². The van der Waals surface area contributed by atoms with Crippen LogP contribution >= 0.6 is 15.9 Å². The Balaban J connectivity index is 1.60. The highest BCUT2D eigenvalue weighted by molar-refractivity contribution is 9.11. The van der Waals surface area contributed by atoms with Crippen molar-refractivity contribution in [1.29, 1.82) is 0 Å². The molecule has 1 unspecified atom stereocenters. The number of ether oxygens (including phenoxy) is 1. The summed E-state index contributed by atoms with van der Waals surface area (Å²) in [5, 5.41) is 10.0. The van der Waals surface area contributed by atoms with Crippen molar-refractivity contribution >= 4 is 15.9 Å². The summed E-state index contributed by atoms with van der Waals surface area (Å²) < 4.78 is 6.12. The van der Waals surface area contributed by atoms with Crippen LogP contribution in [0, 0.1) is 23.2 Å². The van der Waals surface area contributed by atoms with E-state index in [-0.39, 0.29) is 6.10 Å². The quantitative estimate of drug-likeness (QED) is 0.675. The van der Waals surface area contributed by atoms with Gasteiger partial charge in [-0.25, -0.2) is 0 Å². The van der Waals surface area contributed by atoms with Crippen molar-refractivity contribution in [3.8, 4) is 0 Å². The Labute approximate surface area is 149 Å². The Morgan fingerprint density at radius 1 is 1.43 bits per heavy atom. The molecule has 3 heteroatoms. The van der Waals surface area contributed by atoms with Crippen molar-refractivity contribution in [1.82, 2.24) is 0 Å². The van der Waals surface area contributed by atoms with Crippen molar-refractivity contribution < 1.29 is 9.84 Å². The molecule has 2 saturated carbocycles. The minimum Gasteiger partial charge on any atom is -0.386 e. The second-order valence-corrected chi connectivity index (χ2v) is 9.01. The van der Waals surface area contributed by atoms with Crippen LogP contribution in [0.3, 0.4) is 0 Å². The lowest BCUT2D eigenvalue weighted by molar-refractivity contribution is -0.00791. The molecule has 0 aliphatic heterocycles. The molecule has 0 amide bonds. The first-order valence-electron chi connectivity index (χ1n) is 9.18. The van der Waals surface area contributed by atoms with Gasteiger partial charge in [-0.3, -0.25) is 0 Å². The van der Waals surface area contributed by atoms with E-state index in [0.29, 0.717) is 17.8 Å². The predicted molar refractivity (Wildman–Crippen MR) is 98.5 cm³/mol. The second kappa shape index (κ2) is 6.65. The van der Waals surface area contributed by atoms with Gasteiger partial charge in [0.05, 0.1) is 18.3 Å². The molecule has 3 aliphatic carbocycles. The molecule has 0 spiro atoms. The van der Waals surface area contributed by atoms with Crippen molar-refractivity contribution in [3.05, 3.63) is 22.7 Å². The maximum Gasteiger partial charge on any atom is 0.0828 e. The molecule has 0 aromatic rings. The summed E-state index contributed by atoms with van der Waals surface area (Å²) in [6.45, 7) is 7.55. The maximum atomic E-state index is 10.0. The van der Waals surface area contributed by atoms with Gasteiger partial charge >= 0.3 is 0 Å². The smallest absolute Gasteiger partial charge is 0.0828 e. The van der Waals surface area contributed by atoms with E-state index in [1.165, 1.54) is 32.1 Å². The molecule has 6 atom stereocenters. The largest absolute Gasteiger partial charge is 0.386 e. The Morgan fingerprint density at radius 2 is 2.22 bits per heavy atom. The lowest BCUT2D eigenvalue weighted by atomic mass is 9.61. The van der Waals surface area contributed by atoms with E-state index in [1.54, 1.807) is 5.57 Å². The van der Waals surface area contributed by atoms with E-state index < -0.39 is 5.60 Å². The molecule has 0 aromatic heterocycles. The van der Waals surface area contributed by atoms with E-state index >= 15 is 0 Å². The molecular weight excluding hydrogens is 352 g/mol. The summed E-state index contributed by atoms with van der Waals surface area (Å²) in [4.78, 5) is 2.20. The lowest BCUT2D eigenvalue weighted by Gasteiger charge is -2.44. The monoisotopic (exact) mass is 382 g/mol. The molecule has 0 saturated heterocycles. The van der Waals surface area contributed by atoms with E-state index in [0.717, 1.165) is 18.4 Å². The summed E-state index contributed by atoms with van der Waals surface area (Å²) in [7, 11) is 0. The topological polar surface area (TPSA) is 29.5 Å². The fourth-order valence-corrected chi connectivity index (χ4v) is 6.06. The van der Waals surface area contributed by atoms with E-state index in [1.807, 2.05) is 19.1 Å². The Bertz CT molecular complexity index is 496. The Kier molecular flexibility index (Phi) is 5.11. The van der Waals surface area contributed by atoms with Crippen LogP contribution in [0.1, 0.15) is 59.3 Å². The number of aliphatic hydroxyl groups is 1. The number of hydrogen-bond donors (Lipinski definition) is 1. The van der Waals surface area contributed by atoms with Crippen LogP contribution < -0.4 is 0 Å². The molecule has 3 aliphatic rings. The molecule has 23 heavy (non-hydrogen) atoms. The molecule has 130 valence electrons. The number of rotatable bonds is 4. The number of allylic oxidation sites excluding steroid dienone is 1. The Morgan fingerprint density at radius 3 is 2.87 bits per heavy atom. The highest BCUT2D eigenvalue weighted by atomic mass is 79.9. The highest BCUT2D eigenvalue weighted by Gasteiger charge is 2.50. The average Bonchev–Trinajstić information content (AvgIpc) is 3.03. The van der Waals surface area contributed by atoms with Gasteiger partial charge in [0, 0.05) is 6.42 Å². The minimum absolute atomic E-state index is 0.0850. The zero-order chi connectivity index (χ0) is 16.7. The van der Waals surface area contributed by atoms with Crippen LogP contribution in [-0.2, 0) is 4.74 Å². The first-order valence-corrected chi connectivity index (χ1v) is 10.1. The van der Waals surface area contributed by atoms with Gasteiger partial charge in [-0.2, -0.15) is 0 Å².